The fraction of sp³-hybridized carbons (Fsp3) is 0.800. The first-order valence-corrected chi connectivity index (χ1v) is 4.78. The number of methoxy groups -OCH3 is 1. The van der Waals surface area contributed by atoms with Gasteiger partial charge in [0.15, 0.2) is 0 Å². The zero-order valence-electron chi connectivity index (χ0n) is 8.21. The first-order chi connectivity index (χ1) is 6.19. The number of hydrogen-bond acceptors (Lipinski definition) is 3. The molecule has 2 unspecified atom stereocenters. The van der Waals surface area contributed by atoms with Crippen molar-refractivity contribution in [3.05, 3.63) is 0 Å². The Morgan fingerprint density at radius 2 is 2.31 bits per heavy atom. The van der Waals surface area contributed by atoms with E-state index in [0.29, 0.717) is 18.8 Å². The third-order valence-electron chi connectivity index (χ3n) is 2.84. The molecule has 74 valence electrons. The highest BCUT2D eigenvalue weighted by molar-refractivity contribution is 5.85. The lowest BCUT2D eigenvalue weighted by Gasteiger charge is -2.27. The zero-order chi connectivity index (χ0) is 9.84. The molecule has 2 atom stereocenters. The number of esters is 1. The highest BCUT2D eigenvalue weighted by atomic mass is 16.5. The quantitative estimate of drug-likeness (QED) is 0.611. The molecule has 1 aliphatic rings. The summed E-state index contributed by atoms with van der Waals surface area (Å²) in [6.07, 6.45) is 2.80. The van der Waals surface area contributed by atoms with Gasteiger partial charge < -0.3 is 4.74 Å². The Bertz CT molecular complexity index is 210. The minimum Gasteiger partial charge on any atom is -0.469 e. The summed E-state index contributed by atoms with van der Waals surface area (Å²) in [5.74, 6) is 0.126. The van der Waals surface area contributed by atoms with E-state index in [1.165, 1.54) is 7.11 Å². The normalized spacial score (nSPS) is 28.6. The molecule has 13 heavy (non-hydrogen) atoms. The van der Waals surface area contributed by atoms with Crippen molar-refractivity contribution in [3.63, 3.8) is 0 Å². The van der Waals surface area contributed by atoms with Crippen LogP contribution < -0.4 is 0 Å². The van der Waals surface area contributed by atoms with Crippen molar-refractivity contribution < 1.29 is 14.3 Å². The van der Waals surface area contributed by atoms with Gasteiger partial charge in [-0.15, -0.1) is 0 Å². The van der Waals surface area contributed by atoms with E-state index in [9.17, 15) is 9.59 Å². The molecule has 3 heteroatoms. The number of ether oxygens (including phenoxy) is 1. The van der Waals surface area contributed by atoms with E-state index in [0.717, 1.165) is 12.8 Å². The maximum Gasteiger partial charge on any atom is 0.309 e. The Balaban J connectivity index is 2.64. The van der Waals surface area contributed by atoms with Gasteiger partial charge in [-0.25, -0.2) is 0 Å². The minimum absolute atomic E-state index is 0.184. The van der Waals surface area contributed by atoms with Crippen molar-refractivity contribution in [1.29, 1.82) is 0 Å². The monoisotopic (exact) mass is 184 g/mol. The minimum atomic E-state index is -0.222. The summed E-state index contributed by atoms with van der Waals surface area (Å²) < 4.78 is 4.68. The second-order valence-electron chi connectivity index (χ2n) is 3.58. The largest absolute Gasteiger partial charge is 0.469 e. The maximum absolute atomic E-state index is 11.3. The van der Waals surface area contributed by atoms with Crippen LogP contribution in [-0.2, 0) is 14.3 Å². The lowest BCUT2D eigenvalue weighted by atomic mass is 9.77. The van der Waals surface area contributed by atoms with E-state index in [2.05, 4.69) is 11.7 Å². The van der Waals surface area contributed by atoms with Crippen molar-refractivity contribution >= 4 is 11.8 Å². The summed E-state index contributed by atoms with van der Waals surface area (Å²) in [6, 6.07) is 0. The van der Waals surface area contributed by atoms with Crippen LogP contribution in [0.15, 0.2) is 0 Å². The molecular formula is C10H16O3. The molecular weight excluding hydrogens is 168 g/mol. The van der Waals surface area contributed by atoms with Gasteiger partial charge in [0.25, 0.3) is 0 Å². The van der Waals surface area contributed by atoms with Crippen LogP contribution in [0.25, 0.3) is 0 Å². The third kappa shape index (κ3) is 2.29. The maximum atomic E-state index is 11.3. The van der Waals surface area contributed by atoms with Gasteiger partial charge in [0, 0.05) is 12.8 Å². The van der Waals surface area contributed by atoms with Crippen molar-refractivity contribution in [3.8, 4) is 0 Å². The van der Waals surface area contributed by atoms with Crippen LogP contribution in [0.1, 0.15) is 32.6 Å². The number of carbonyl (C=O) groups is 2. The molecule has 1 rings (SSSR count). The molecule has 0 amide bonds. The first kappa shape index (κ1) is 10.2. The van der Waals surface area contributed by atoms with Gasteiger partial charge in [0.1, 0.15) is 5.78 Å². The predicted molar refractivity (Wildman–Crippen MR) is 48.1 cm³/mol. The van der Waals surface area contributed by atoms with Gasteiger partial charge in [-0.1, -0.05) is 13.3 Å². The van der Waals surface area contributed by atoms with E-state index < -0.39 is 0 Å². The van der Waals surface area contributed by atoms with E-state index in [1.54, 1.807) is 0 Å². The SMILES string of the molecule is CCC1CCC(=O)CC1C(=O)OC. The summed E-state index contributed by atoms with van der Waals surface area (Å²) in [6.45, 7) is 2.05. The second-order valence-corrected chi connectivity index (χ2v) is 3.58. The van der Waals surface area contributed by atoms with E-state index >= 15 is 0 Å². The van der Waals surface area contributed by atoms with Gasteiger partial charge in [0.05, 0.1) is 13.0 Å². The molecule has 0 saturated heterocycles. The highest BCUT2D eigenvalue weighted by Crippen LogP contribution is 2.31. The number of carbonyl (C=O) groups excluding carboxylic acids is 2. The van der Waals surface area contributed by atoms with Gasteiger partial charge >= 0.3 is 5.97 Å². The van der Waals surface area contributed by atoms with Crippen molar-refractivity contribution in [2.45, 2.75) is 32.6 Å². The standard InChI is InChI=1S/C10H16O3/c1-3-7-4-5-8(11)6-9(7)10(12)13-2/h7,9H,3-6H2,1-2H3. The van der Waals surface area contributed by atoms with Crippen LogP contribution in [0.3, 0.4) is 0 Å². The summed E-state index contributed by atoms with van der Waals surface area (Å²) in [5, 5.41) is 0. The molecule has 0 bridgehead atoms. The van der Waals surface area contributed by atoms with Crippen LogP contribution in [0.4, 0.5) is 0 Å². The average molecular weight is 184 g/mol. The summed E-state index contributed by atoms with van der Waals surface area (Å²) in [4.78, 5) is 22.5. The van der Waals surface area contributed by atoms with Crippen LogP contribution in [0.2, 0.25) is 0 Å². The summed E-state index contributed by atoms with van der Waals surface area (Å²) in [7, 11) is 1.38. The smallest absolute Gasteiger partial charge is 0.309 e. The lowest BCUT2D eigenvalue weighted by molar-refractivity contribution is -0.151. The van der Waals surface area contributed by atoms with Gasteiger partial charge in [-0.05, 0) is 12.3 Å². The first-order valence-electron chi connectivity index (χ1n) is 4.78. The number of Topliss-reactive ketones (excluding diaryl/α,β-unsaturated/α-hetero) is 1. The van der Waals surface area contributed by atoms with Crippen molar-refractivity contribution in [2.24, 2.45) is 11.8 Å². The molecule has 1 aliphatic carbocycles. The van der Waals surface area contributed by atoms with Crippen LogP contribution in [-0.4, -0.2) is 18.9 Å². The van der Waals surface area contributed by atoms with Crippen LogP contribution in [0, 0.1) is 11.8 Å². The Morgan fingerprint density at radius 3 is 2.85 bits per heavy atom. The molecule has 0 spiro atoms. The van der Waals surface area contributed by atoms with Gasteiger partial charge in [-0.2, -0.15) is 0 Å². The topological polar surface area (TPSA) is 43.4 Å². The molecule has 0 aromatic heterocycles. The molecule has 0 N–H and O–H groups in total. The molecule has 1 fully saturated rings. The summed E-state index contributed by atoms with van der Waals surface area (Å²) in [5.41, 5.74) is 0. The number of ketones is 1. The molecule has 0 heterocycles. The molecule has 0 aromatic carbocycles. The molecule has 1 saturated carbocycles. The highest BCUT2D eigenvalue weighted by Gasteiger charge is 2.33. The second kappa shape index (κ2) is 4.40. The lowest BCUT2D eigenvalue weighted by Crippen LogP contribution is -2.31. The van der Waals surface area contributed by atoms with Crippen molar-refractivity contribution in [1.82, 2.24) is 0 Å². The van der Waals surface area contributed by atoms with E-state index in [1.807, 2.05) is 0 Å². The number of hydrogen-bond donors (Lipinski definition) is 0. The van der Waals surface area contributed by atoms with Crippen LogP contribution >= 0.6 is 0 Å². The Morgan fingerprint density at radius 1 is 1.62 bits per heavy atom. The van der Waals surface area contributed by atoms with Crippen LogP contribution in [0.5, 0.6) is 0 Å². The average Bonchev–Trinajstić information content (AvgIpc) is 2.16. The molecule has 3 nitrogen and oxygen atoms in total. The molecule has 0 aromatic rings. The fourth-order valence-electron chi connectivity index (χ4n) is 1.98. The Labute approximate surface area is 78.5 Å². The Kier molecular flexibility index (Phi) is 3.46. The summed E-state index contributed by atoms with van der Waals surface area (Å²) >= 11 is 0. The van der Waals surface area contributed by atoms with E-state index in [-0.39, 0.29) is 17.7 Å². The van der Waals surface area contributed by atoms with Gasteiger partial charge in [-0.3, -0.25) is 9.59 Å². The third-order valence-corrected chi connectivity index (χ3v) is 2.84. The fourth-order valence-corrected chi connectivity index (χ4v) is 1.98. The van der Waals surface area contributed by atoms with Crippen molar-refractivity contribution in [2.75, 3.05) is 7.11 Å². The molecule has 0 aliphatic heterocycles. The van der Waals surface area contributed by atoms with Gasteiger partial charge in [0.2, 0.25) is 0 Å². The Hall–Kier alpha value is -0.860. The number of rotatable bonds is 2. The van der Waals surface area contributed by atoms with E-state index in [4.69, 9.17) is 0 Å². The molecule has 0 radical (unpaired) electrons. The predicted octanol–water partition coefficient (Wildman–Crippen LogP) is 1.55. The zero-order valence-corrected chi connectivity index (χ0v) is 8.21.